The van der Waals surface area contributed by atoms with Gasteiger partial charge in [-0.05, 0) is 6.42 Å². The normalized spacial score (nSPS) is 26.1. The van der Waals surface area contributed by atoms with E-state index in [9.17, 15) is 4.57 Å². The number of aliphatic hydroxyl groups is 1. The Hall–Kier alpha value is 0.0700. The van der Waals surface area contributed by atoms with Gasteiger partial charge in [-0.25, -0.2) is 4.57 Å². The monoisotopic (exact) mass is 238 g/mol. The summed E-state index contributed by atoms with van der Waals surface area (Å²) in [5, 5.41) is 8.92. The Balaban J connectivity index is 2.52. The van der Waals surface area contributed by atoms with E-state index < -0.39 is 13.9 Å². The van der Waals surface area contributed by atoms with Gasteiger partial charge in [0.15, 0.2) is 0 Å². The van der Waals surface area contributed by atoms with E-state index in [2.05, 4.69) is 0 Å². The first-order valence-corrected chi connectivity index (χ1v) is 6.55. The lowest BCUT2D eigenvalue weighted by Crippen LogP contribution is -2.31. The molecule has 0 aromatic rings. The van der Waals surface area contributed by atoms with Gasteiger partial charge in [-0.3, -0.25) is 13.6 Å². The molecular weight excluding hydrogens is 219 g/mol. The molecule has 1 unspecified atom stereocenters. The second kappa shape index (κ2) is 4.93. The molecule has 1 N–H and O–H groups in total. The summed E-state index contributed by atoms with van der Waals surface area (Å²) in [7, 11) is -3.44. The maximum Gasteiger partial charge on any atom is 0.475 e. The molecular formula is C9H19O5P. The first kappa shape index (κ1) is 13.1. The summed E-state index contributed by atoms with van der Waals surface area (Å²) in [6, 6.07) is 0. The molecule has 0 saturated carbocycles. The zero-order valence-electron chi connectivity index (χ0n) is 9.43. The Bertz CT molecular complexity index is 235. The lowest BCUT2D eigenvalue weighted by molar-refractivity contribution is -0.0207. The van der Waals surface area contributed by atoms with E-state index in [4.69, 9.17) is 18.7 Å². The van der Waals surface area contributed by atoms with Crippen molar-refractivity contribution in [3.63, 3.8) is 0 Å². The number of hydrogen-bond acceptors (Lipinski definition) is 5. The maximum absolute atomic E-state index is 11.9. The minimum absolute atomic E-state index is 0.141. The van der Waals surface area contributed by atoms with Crippen molar-refractivity contribution in [2.75, 3.05) is 19.8 Å². The molecule has 5 nitrogen and oxygen atoms in total. The van der Waals surface area contributed by atoms with Crippen LogP contribution in [0.25, 0.3) is 0 Å². The minimum atomic E-state index is -3.44. The molecule has 1 fully saturated rings. The van der Waals surface area contributed by atoms with Crippen LogP contribution in [0.3, 0.4) is 0 Å². The summed E-state index contributed by atoms with van der Waals surface area (Å²) in [5.41, 5.74) is -0.141. The van der Waals surface area contributed by atoms with E-state index in [1.165, 1.54) is 0 Å². The van der Waals surface area contributed by atoms with Gasteiger partial charge in [0.05, 0.1) is 25.9 Å². The van der Waals surface area contributed by atoms with Gasteiger partial charge in [0, 0.05) is 5.41 Å². The summed E-state index contributed by atoms with van der Waals surface area (Å²) in [5.74, 6) is 0. The quantitative estimate of drug-likeness (QED) is 0.758. The van der Waals surface area contributed by atoms with Crippen LogP contribution in [0.5, 0.6) is 0 Å². The Morgan fingerprint density at radius 1 is 1.47 bits per heavy atom. The van der Waals surface area contributed by atoms with Crippen molar-refractivity contribution in [3.8, 4) is 0 Å². The fourth-order valence-electron chi connectivity index (χ4n) is 1.07. The molecule has 1 rings (SSSR count). The summed E-state index contributed by atoms with van der Waals surface area (Å²) in [4.78, 5) is 0. The van der Waals surface area contributed by atoms with E-state index in [1.54, 1.807) is 0 Å². The highest BCUT2D eigenvalue weighted by Gasteiger charge is 2.39. The topological polar surface area (TPSA) is 65.0 Å². The van der Waals surface area contributed by atoms with Crippen LogP contribution >= 0.6 is 7.82 Å². The third kappa shape index (κ3) is 3.85. The van der Waals surface area contributed by atoms with E-state index in [0.29, 0.717) is 19.6 Å². The van der Waals surface area contributed by atoms with Crippen LogP contribution in [0.1, 0.15) is 27.2 Å². The molecule has 1 aliphatic rings. The van der Waals surface area contributed by atoms with Crippen LogP contribution < -0.4 is 0 Å². The fraction of sp³-hybridized carbons (Fsp3) is 1.00. The van der Waals surface area contributed by atoms with E-state index in [-0.39, 0.29) is 12.0 Å². The standard InChI is InChI=1S/C9H19O5P/c1-4-8(5-10)14-15(11)12-6-9(2,3)7-13-15/h8,10H,4-7H2,1-3H3. The summed E-state index contributed by atoms with van der Waals surface area (Å²) < 4.78 is 27.2. The number of hydrogen-bond donors (Lipinski definition) is 1. The highest BCUT2D eigenvalue weighted by molar-refractivity contribution is 7.48. The van der Waals surface area contributed by atoms with Crippen LogP contribution in [-0.2, 0) is 18.1 Å². The third-order valence-corrected chi connectivity index (χ3v) is 3.61. The van der Waals surface area contributed by atoms with Crippen molar-refractivity contribution in [2.24, 2.45) is 5.41 Å². The molecule has 0 radical (unpaired) electrons. The molecule has 1 atom stereocenters. The van der Waals surface area contributed by atoms with Crippen LogP contribution in [0.4, 0.5) is 0 Å². The number of aliphatic hydroxyl groups excluding tert-OH is 1. The SMILES string of the molecule is CCC(CO)OP1(=O)OCC(C)(C)CO1. The number of rotatable bonds is 4. The molecule has 90 valence electrons. The van der Waals surface area contributed by atoms with Crippen LogP contribution in [0.15, 0.2) is 0 Å². The van der Waals surface area contributed by atoms with Gasteiger partial charge in [0.2, 0.25) is 0 Å². The average molecular weight is 238 g/mol. The zero-order valence-corrected chi connectivity index (χ0v) is 10.3. The first-order valence-electron chi connectivity index (χ1n) is 5.09. The van der Waals surface area contributed by atoms with Crippen molar-refractivity contribution >= 4 is 7.82 Å². The third-order valence-electron chi connectivity index (χ3n) is 2.16. The molecule has 1 aliphatic heterocycles. The number of phosphoric acid groups is 1. The number of phosphoric ester groups is 1. The highest BCUT2D eigenvalue weighted by Crippen LogP contribution is 2.55. The van der Waals surface area contributed by atoms with Crippen LogP contribution in [-0.4, -0.2) is 31.0 Å². The molecule has 0 aliphatic carbocycles. The van der Waals surface area contributed by atoms with Crippen molar-refractivity contribution in [3.05, 3.63) is 0 Å². The average Bonchev–Trinajstić information content (AvgIpc) is 2.20. The van der Waals surface area contributed by atoms with Crippen molar-refractivity contribution in [1.82, 2.24) is 0 Å². The summed E-state index contributed by atoms with van der Waals surface area (Å²) in [6.07, 6.45) is 0.0772. The molecule has 1 saturated heterocycles. The second-order valence-electron chi connectivity index (χ2n) is 4.48. The fourth-order valence-corrected chi connectivity index (χ4v) is 2.86. The predicted octanol–water partition coefficient (Wildman–Crippen LogP) is 1.95. The largest absolute Gasteiger partial charge is 0.475 e. The van der Waals surface area contributed by atoms with Crippen molar-refractivity contribution in [2.45, 2.75) is 33.3 Å². The Labute approximate surface area is 90.3 Å². The maximum atomic E-state index is 11.9. The molecule has 1 heterocycles. The first-order chi connectivity index (χ1) is 6.91. The summed E-state index contributed by atoms with van der Waals surface area (Å²) in [6.45, 7) is 6.25. The van der Waals surface area contributed by atoms with Crippen LogP contribution in [0.2, 0.25) is 0 Å². The van der Waals surface area contributed by atoms with E-state index in [0.717, 1.165) is 0 Å². The van der Waals surface area contributed by atoms with Crippen LogP contribution in [0, 0.1) is 5.41 Å². The van der Waals surface area contributed by atoms with Crippen molar-refractivity contribution in [1.29, 1.82) is 0 Å². The lowest BCUT2D eigenvalue weighted by Gasteiger charge is -2.34. The molecule has 6 heteroatoms. The molecule has 15 heavy (non-hydrogen) atoms. The zero-order chi connectivity index (χ0) is 11.5. The predicted molar refractivity (Wildman–Crippen MR) is 55.5 cm³/mol. The van der Waals surface area contributed by atoms with Crippen molar-refractivity contribution < 1.29 is 23.2 Å². The Morgan fingerprint density at radius 2 is 2.00 bits per heavy atom. The molecule has 0 aromatic carbocycles. The van der Waals surface area contributed by atoms with Gasteiger partial charge < -0.3 is 5.11 Å². The smallest absolute Gasteiger partial charge is 0.394 e. The Morgan fingerprint density at radius 3 is 2.40 bits per heavy atom. The van der Waals surface area contributed by atoms with E-state index in [1.807, 2.05) is 20.8 Å². The second-order valence-corrected chi connectivity index (χ2v) is 6.10. The van der Waals surface area contributed by atoms with Gasteiger partial charge in [0.25, 0.3) is 0 Å². The Kier molecular flexibility index (Phi) is 4.32. The molecule has 0 spiro atoms. The lowest BCUT2D eigenvalue weighted by atomic mass is 9.97. The van der Waals surface area contributed by atoms with E-state index >= 15 is 0 Å². The summed E-state index contributed by atoms with van der Waals surface area (Å²) >= 11 is 0. The molecule has 0 bridgehead atoms. The molecule has 0 amide bonds. The van der Waals surface area contributed by atoms with Gasteiger partial charge >= 0.3 is 7.82 Å². The highest BCUT2D eigenvalue weighted by atomic mass is 31.2. The van der Waals surface area contributed by atoms with Gasteiger partial charge in [0.1, 0.15) is 0 Å². The van der Waals surface area contributed by atoms with Gasteiger partial charge in [-0.1, -0.05) is 20.8 Å². The van der Waals surface area contributed by atoms with Gasteiger partial charge in [-0.2, -0.15) is 0 Å². The van der Waals surface area contributed by atoms with Gasteiger partial charge in [-0.15, -0.1) is 0 Å². The molecule has 0 aromatic heterocycles. The minimum Gasteiger partial charge on any atom is -0.394 e.